The summed E-state index contributed by atoms with van der Waals surface area (Å²) >= 11 is 0. The molecule has 0 radical (unpaired) electrons. The molecule has 1 spiro atoms. The summed E-state index contributed by atoms with van der Waals surface area (Å²) in [6.07, 6.45) is 2.86. The SMILES string of the molecule is CCOc1ccccc1NC(=O)COC(=O)CN1C(=O)NC2(CCCC2)C1=O. The van der Waals surface area contributed by atoms with Gasteiger partial charge in [0.15, 0.2) is 6.61 Å². The van der Waals surface area contributed by atoms with E-state index >= 15 is 0 Å². The molecule has 2 aliphatic rings. The van der Waals surface area contributed by atoms with Crippen LogP contribution >= 0.6 is 0 Å². The third-order valence-corrected chi connectivity index (χ3v) is 4.82. The van der Waals surface area contributed by atoms with Crippen molar-refractivity contribution in [3.05, 3.63) is 24.3 Å². The molecule has 2 fully saturated rings. The van der Waals surface area contributed by atoms with E-state index < -0.39 is 42.5 Å². The first-order valence-corrected chi connectivity index (χ1v) is 9.26. The predicted octanol–water partition coefficient (Wildman–Crippen LogP) is 1.43. The van der Waals surface area contributed by atoms with Gasteiger partial charge >= 0.3 is 12.0 Å². The number of anilines is 1. The minimum Gasteiger partial charge on any atom is -0.492 e. The molecule has 1 saturated heterocycles. The number of carbonyl (C=O) groups is 4. The van der Waals surface area contributed by atoms with Crippen molar-refractivity contribution in [3.8, 4) is 5.75 Å². The number of carbonyl (C=O) groups excluding carboxylic acids is 4. The highest BCUT2D eigenvalue weighted by Gasteiger charge is 2.52. The van der Waals surface area contributed by atoms with Gasteiger partial charge in [-0.25, -0.2) is 4.79 Å². The fraction of sp³-hybridized carbons (Fsp3) is 0.474. The van der Waals surface area contributed by atoms with E-state index in [0.717, 1.165) is 17.7 Å². The molecule has 1 saturated carbocycles. The first kappa shape index (κ1) is 19.7. The molecule has 9 heteroatoms. The molecule has 9 nitrogen and oxygen atoms in total. The summed E-state index contributed by atoms with van der Waals surface area (Å²) in [5, 5.41) is 5.29. The van der Waals surface area contributed by atoms with Crippen molar-refractivity contribution in [2.24, 2.45) is 0 Å². The fourth-order valence-electron chi connectivity index (χ4n) is 3.50. The van der Waals surface area contributed by atoms with Gasteiger partial charge in [-0.1, -0.05) is 25.0 Å². The second-order valence-electron chi connectivity index (χ2n) is 6.75. The number of hydrogen-bond acceptors (Lipinski definition) is 6. The molecule has 3 rings (SSSR count). The molecule has 1 aromatic rings. The quantitative estimate of drug-likeness (QED) is 0.539. The lowest BCUT2D eigenvalue weighted by molar-refractivity contribution is -0.150. The maximum atomic E-state index is 12.5. The van der Waals surface area contributed by atoms with Crippen molar-refractivity contribution >= 4 is 29.5 Å². The number of amides is 4. The van der Waals surface area contributed by atoms with Gasteiger partial charge in [0.05, 0.1) is 12.3 Å². The number of para-hydroxylation sites is 2. The van der Waals surface area contributed by atoms with E-state index in [1.165, 1.54) is 0 Å². The molecule has 0 unspecified atom stereocenters. The van der Waals surface area contributed by atoms with Crippen LogP contribution in [0.4, 0.5) is 10.5 Å². The first-order chi connectivity index (χ1) is 13.4. The molecule has 2 N–H and O–H groups in total. The van der Waals surface area contributed by atoms with Crippen LogP contribution in [0.3, 0.4) is 0 Å². The van der Waals surface area contributed by atoms with Crippen molar-refractivity contribution in [3.63, 3.8) is 0 Å². The highest BCUT2D eigenvalue weighted by atomic mass is 16.5. The van der Waals surface area contributed by atoms with Crippen LogP contribution in [-0.2, 0) is 19.1 Å². The Labute approximate surface area is 162 Å². The van der Waals surface area contributed by atoms with Gasteiger partial charge in [-0.05, 0) is 31.9 Å². The molecule has 28 heavy (non-hydrogen) atoms. The standard InChI is InChI=1S/C19H23N3O6/c1-2-27-14-8-4-3-7-13(14)20-15(23)12-28-16(24)11-22-17(25)19(21-18(22)26)9-5-6-10-19/h3-4,7-8H,2,5-6,9-12H2,1H3,(H,20,23)(H,21,26). The topological polar surface area (TPSA) is 114 Å². The van der Waals surface area contributed by atoms with Crippen LogP contribution in [0.2, 0.25) is 0 Å². The monoisotopic (exact) mass is 389 g/mol. The van der Waals surface area contributed by atoms with Gasteiger partial charge in [0, 0.05) is 0 Å². The number of rotatable bonds is 7. The van der Waals surface area contributed by atoms with E-state index in [4.69, 9.17) is 9.47 Å². The third kappa shape index (κ3) is 4.08. The second-order valence-corrected chi connectivity index (χ2v) is 6.75. The number of nitrogens with zero attached hydrogens (tertiary/aromatic N) is 1. The van der Waals surface area contributed by atoms with Crippen LogP contribution in [0.15, 0.2) is 24.3 Å². The summed E-state index contributed by atoms with van der Waals surface area (Å²) in [6.45, 7) is 1.21. The smallest absolute Gasteiger partial charge is 0.326 e. The van der Waals surface area contributed by atoms with Gasteiger partial charge < -0.3 is 20.1 Å². The van der Waals surface area contributed by atoms with Crippen molar-refractivity contribution < 1.29 is 28.7 Å². The van der Waals surface area contributed by atoms with Gasteiger partial charge in [0.1, 0.15) is 17.8 Å². The first-order valence-electron chi connectivity index (χ1n) is 9.26. The summed E-state index contributed by atoms with van der Waals surface area (Å²) in [6, 6.07) is 6.29. The lowest BCUT2D eigenvalue weighted by Crippen LogP contribution is -2.44. The number of hydrogen-bond donors (Lipinski definition) is 2. The van der Waals surface area contributed by atoms with Crippen LogP contribution in [0.1, 0.15) is 32.6 Å². The number of nitrogens with one attached hydrogen (secondary N) is 2. The fourth-order valence-corrected chi connectivity index (χ4v) is 3.50. The van der Waals surface area contributed by atoms with Crippen molar-refractivity contribution in [2.45, 2.75) is 38.1 Å². The molecule has 1 heterocycles. The molecule has 1 aliphatic carbocycles. The Hall–Kier alpha value is -3.10. The molecule has 0 atom stereocenters. The Balaban J connectivity index is 1.50. The average Bonchev–Trinajstić information content (AvgIpc) is 3.23. The lowest BCUT2D eigenvalue weighted by atomic mass is 9.98. The van der Waals surface area contributed by atoms with Crippen molar-refractivity contribution in [2.75, 3.05) is 25.1 Å². The van der Waals surface area contributed by atoms with Crippen molar-refractivity contribution in [1.82, 2.24) is 10.2 Å². The number of imide groups is 1. The number of benzene rings is 1. The zero-order chi connectivity index (χ0) is 20.1. The summed E-state index contributed by atoms with van der Waals surface area (Å²) < 4.78 is 10.3. The molecule has 0 aromatic heterocycles. The molecule has 0 bridgehead atoms. The highest BCUT2D eigenvalue weighted by Crippen LogP contribution is 2.34. The zero-order valence-electron chi connectivity index (χ0n) is 15.7. The van der Waals surface area contributed by atoms with E-state index in [0.29, 0.717) is 30.9 Å². The molecule has 1 aromatic carbocycles. The minimum atomic E-state index is -0.877. The van der Waals surface area contributed by atoms with Crippen LogP contribution in [-0.4, -0.2) is 54.0 Å². The largest absolute Gasteiger partial charge is 0.492 e. The van der Waals surface area contributed by atoms with Gasteiger partial charge in [-0.3, -0.25) is 19.3 Å². The molecular formula is C19H23N3O6. The minimum absolute atomic E-state index is 0.401. The van der Waals surface area contributed by atoms with E-state index in [2.05, 4.69) is 10.6 Å². The molecule has 150 valence electrons. The molecule has 4 amide bonds. The van der Waals surface area contributed by atoms with Crippen LogP contribution in [0.25, 0.3) is 0 Å². The summed E-state index contributed by atoms with van der Waals surface area (Å²) in [7, 11) is 0. The second kappa shape index (κ2) is 8.28. The van der Waals surface area contributed by atoms with Gasteiger partial charge in [-0.2, -0.15) is 0 Å². The maximum absolute atomic E-state index is 12.5. The summed E-state index contributed by atoms with van der Waals surface area (Å²) in [5.74, 6) is -1.27. The number of esters is 1. The van der Waals surface area contributed by atoms with Gasteiger partial charge in [0.25, 0.3) is 11.8 Å². The Bertz CT molecular complexity index is 788. The van der Waals surface area contributed by atoms with E-state index in [-0.39, 0.29) is 0 Å². The summed E-state index contributed by atoms with van der Waals surface area (Å²) in [4.78, 5) is 49.5. The van der Waals surface area contributed by atoms with E-state index in [9.17, 15) is 19.2 Å². The van der Waals surface area contributed by atoms with Crippen molar-refractivity contribution in [1.29, 1.82) is 0 Å². The van der Waals surface area contributed by atoms with Gasteiger partial charge in [0.2, 0.25) is 0 Å². The average molecular weight is 389 g/mol. The molecular weight excluding hydrogens is 366 g/mol. The number of urea groups is 1. The normalized spacial score (nSPS) is 17.5. The van der Waals surface area contributed by atoms with E-state index in [1.807, 2.05) is 6.92 Å². The highest BCUT2D eigenvalue weighted by molar-refractivity contribution is 6.09. The zero-order valence-corrected chi connectivity index (χ0v) is 15.7. The lowest BCUT2D eigenvalue weighted by Gasteiger charge is -2.19. The Morgan fingerprint density at radius 2 is 1.93 bits per heavy atom. The maximum Gasteiger partial charge on any atom is 0.326 e. The Kier molecular flexibility index (Phi) is 5.81. The summed E-state index contributed by atoms with van der Waals surface area (Å²) in [5.41, 5.74) is -0.416. The Morgan fingerprint density at radius 1 is 1.21 bits per heavy atom. The molecule has 1 aliphatic heterocycles. The number of ether oxygens (including phenoxy) is 2. The Morgan fingerprint density at radius 3 is 2.64 bits per heavy atom. The van der Waals surface area contributed by atoms with Crippen LogP contribution in [0.5, 0.6) is 5.75 Å². The van der Waals surface area contributed by atoms with Gasteiger partial charge in [-0.15, -0.1) is 0 Å². The van der Waals surface area contributed by atoms with Crippen LogP contribution < -0.4 is 15.4 Å². The van der Waals surface area contributed by atoms with E-state index in [1.54, 1.807) is 24.3 Å². The third-order valence-electron chi connectivity index (χ3n) is 4.82. The predicted molar refractivity (Wildman–Crippen MR) is 98.6 cm³/mol. The van der Waals surface area contributed by atoms with Crippen LogP contribution in [0, 0.1) is 0 Å².